The van der Waals surface area contributed by atoms with Gasteiger partial charge < -0.3 is 15.2 Å². The third kappa shape index (κ3) is 5.54. The monoisotopic (exact) mass is 330 g/mol. The maximum Gasteiger partial charge on any atom is 0.260 e. The third-order valence-corrected chi connectivity index (χ3v) is 4.61. The van der Waals surface area contributed by atoms with Crippen molar-refractivity contribution in [2.24, 2.45) is 11.8 Å². The number of aliphatic hydroxyl groups is 1. The third-order valence-electron chi connectivity index (χ3n) is 4.61. The molecule has 0 aliphatic heterocycles. The second-order valence-electron chi connectivity index (χ2n) is 6.58. The maximum atomic E-state index is 12.2. The quantitative estimate of drug-likeness (QED) is 0.767. The SMILES string of the molecule is C[C@H](Oc1cccc(C#N)c1)C(=O)NC[C@@H](CO)CC1CCCC1. The van der Waals surface area contributed by atoms with E-state index in [1.54, 1.807) is 31.2 Å². The smallest absolute Gasteiger partial charge is 0.260 e. The number of hydrogen-bond donors (Lipinski definition) is 2. The molecule has 0 radical (unpaired) electrons. The average Bonchev–Trinajstić information content (AvgIpc) is 3.11. The molecule has 1 aromatic carbocycles. The summed E-state index contributed by atoms with van der Waals surface area (Å²) in [6, 6.07) is 8.79. The van der Waals surface area contributed by atoms with Crippen molar-refractivity contribution in [3.63, 3.8) is 0 Å². The first kappa shape index (κ1) is 18.3. The van der Waals surface area contributed by atoms with Crippen LogP contribution in [-0.2, 0) is 4.79 Å². The lowest BCUT2D eigenvalue weighted by molar-refractivity contribution is -0.127. The van der Waals surface area contributed by atoms with Crippen LogP contribution in [0.3, 0.4) is 0 Å². The molecule has 1 amide bonds. The summed E-state index contributed by atoms with van der Waals surface area (Å²) in [4.78, 5) is 12.2. The molecule has 1 saturated carbocycles. The fourth-order valence-electron chi connectivity index (χ4n) is 3.23. The number of nitriles is 1. The highest BCUT2D eigenvalue weighted by Crippen LogP contribution is 2.30. The van der Waals surface area contributed by atoms with E-state index < -0.39 is 6.10 Å². The van der Waals surface area contributed by atoms with Crippen LogP contribution in [0.25, 0.3) is 0 Å². The Kier molecular flexibility index (Phi) is 7.07. The molecule has 0 spiro atoms. The van der Waals surface area contributed by atoms with Crippen LogP contribution in [0.2, 0.25) is 0 Å². The van der Waals surface area contributed by atoms with Gasteiger partial charge in [-0.15, -0.1) is 0 Å². The van der Waals surface area contributed by atoms with Gasteiger partial charge in [-0.1, -0.05) is 31.7 Å². The zero-order chi connectivity index (χ0) is 17.4. The van der Waals surface area contributed by atoms with Crippen molar-refractivity contribution in [2.75, 3.05) is 13.2 Å². The minimum atomic E-state index is -0.648. The zero-order valence-corrected chi connectivity index (χ0v) is 14.2. The molecule has 2 atom stereocenters. The van der Waals surface area contributed by atoms with Gasteiger partial charge in [0.2, 0.25) is 0 Å². The van der Waals surface area contributed by atoms with Gasteiger partial charge in [-0.05, 0) is 43.4 Å². The lowest BCUT2D eigenvalue weighted by Crippen LogP contribution is -2.39. The van der Waals surface area contributed by atoms with E-state index in [2.05, 4.69) is 5.32 Å². The Labute approximate surface area is 143 Å². The number of nitrogens with one attached hydrogen (secondary N) is 1. The van der Waals surface area contributed by atoms with Gasteiger partial charge in [-0.25, -0.2) is 0 Å². The largest absolute Gasteiger partial charge is 0.481 e. The molecule has 5 nitrogen and oxygen atoms in total. The molecule has 0 bridgehead atoms. The summed E-state index contributed by atoms with van der Waals surface area (Å²) in [5.41, 5.74) is 0.497. The van der Waals surface area contributed by atoms with Crippen molar-refractivity contribution in [1.82, 2.24) is 5.32 Å². The Morgan fingerprint density at radius 2 is 2.21 bits per heavy atom. The lowest BCUT2D eigenvalue weighted by Gasteiger charge is -2.20. The van der Waals surface area contributed by atoms with E-state index in [4.69, 9.17) is 10.00 Å². The van der Waals surface area contributed by atoms with Crippen molar-refractivity contribution < 1.29 is 14.6 Å². The predicted octanol–water partition coefficient (Wildman–Crippen LogP) is 2.63. The van der Waals surface area contributed by atoms with E-state index in [9.17, 15) is 9.90 Å². The molecule has 0 saturated heterocycles. The highest BCUT2D eigenvalue weighted by atomic mass is 16.5. The molecule has 130 valence electrons. The number of amides is 1. The molecular formula is C19H26N2O3. The second kappa shape index (κ2) is 9.29. The molecule has 0 unspecified atom stereocenters. The van der Waals surface area contributed by atoms with Crippen LogP contribution >= 0.6 is 0 Å². The number of benzene rings is 1. The standard InChI is InChI=1S/C19H26N2O3/c1-14(24-18-8-4-7-16(10-18)11-20)19(23)21-12-17(13-22)9-15-5-2-3-6-15/h4,7-8,10,14-15,17,22H,2-3,5-6,9,12-13H2,1H3,(H,21,23)/t14-,17-/m0/s1. The summed E-state index contributed by atoms with van der Waals surface area (Å²) in [5.74, 6) is 1.08. The first-order valence-corrected chi connectivity index (χ1v) is 8.67. The number of aliphatic hydroxyl groups excluding tert-OH is 1. The predicted molar refractivity (Wildman–Crippen MR) is 91.4 cm³/mol. The lowest BCUT2D eigenvalue weighted by atomic mass is 9.93. The van der Waals surface area contributed by atoms with Crippen LogP contribution in [0.15, 0.2) is 24.3 Å². The number of nitrogens with zero attached hydrogens (tertiary/aromatic N) is 1. The summed E-state index contributed by atoms with van der Waals surface area (Å²) >= 11 is 0. The molecule has 1 aromatic rings. The van der Waals surface area contributed by atoms with E-state index >= 15 is 0 Å². The highest BCUT2D eigenvalue weighted by molar-refractivity contribution is 5.80. The van der Waals surface area contributed by atoms with E-state index in [0.29, 0.717) is 23.8 Å². The van der Waals surface area contributed by atoms with Crippen LogP contribution in [0.5, 0.6) is 5.75 Å². The zero-order valence-electron chi connectivity index (χ0n) is 14.2. The molecule has 5 heteroatoms. The molecular weight excluding hydrogens is 304 g/mol. The van der Waals surface area contributed by atoms with E-state index in [-0.39, 0.29) is 18.4 Å². The van der Waals surface area contributed by atoms with Crippen molar-refractivity contribution in [3.05, 3.63) is 29.8 Å². The van der Waals surface area contributed by atoms with E-state index in [0.717, 1.165) is 6.42 Å². The Morgan fingerprint density at radius 3 is 2.88 bits per heavy atom. The number of hydrogen-bond acceptors (Lipinski definition) is 4. The summed E-state index contributed by atoms with van der Waals surface area (Å²) < 4.78 is 5.59. The molecule has 2 rings (SSSR count). The van der Waals surface area contributed by atoms with Gasteiger partial charge in [0.15, 0.2) is 6.10 Å². The van der Waals surface area contributed by atoms with Crippen LogP contribution in [0.4, 0.5) is 0 Å². The van der Waals surface area contributed by atoms with Gasteiger partial charge in [0.1, 0.15) is 5.75 Å². The summed E-state index contributed by atoms with van der Waals surface area (Å²) in [6.07, 6.45) is 5.35. The fraction of sp³-hybridized carbons (Fsp3) is 0.579. The van der Waals surface area contributed by atoms with Crippen molar-refractivity contribution >= 4 is 5.91 Å². The summed E-state index contributed by atoms with van der Waals surface area (Å²) in [6.45, 7) is 2.24. The van der Waals surface area contributed by atoms with Gasteiger partial charge in [-0.2, -0.15) is 5.26 Å². The summed E-state index contributed by atoms with van der Waals surface area (Å²) in [7, 11) is 0. The van der Waals surface area contributed by atoms with E-state index in [1.165, 1.54) is 25.7 Å². The maximum absolute atomic E-state index is 12.2. The van der Waals surface area contributed by atoms with Crippen LogP contribution in [-0.4, -0.2) is 30.3 Å². The molecule has 1 aliphatic carbocycles. The Morgan fingerprint density at radius 1 is 1.46 bits per heavy atom. The highest BCUT2D eigenvalue weighted by Gasteiger charge is 2.21. The van der Waals surface area contributed by atoms with Crippen molar-refractivity contribution in [2.45, 2.75) is 45.1 Å². The molecule has 1 aliphatic rings. The Hall–Kier alpha value is -2.06. The molecule has 0 aromatic heterocycles. The summed E-state index contributed by atoms with van der Waals surface area (Å²) in [5, 5.41) is 21.3. The number of carbonyl (C=O) groups excluding carboxylic acids is 1. The number of rotatable bonds is 8. The van der Waals surface area contributed by atoms with Gasteiger partial charge >= 0.3 is 0 Å². The van der Waals surface area contributed by atoms with Gasteiger partial charge in [0, 0.05) is 13.2 Å². The van der Waals surface area contributed by atoms with Gasteiger partial charge in [0.25, 0.3) is 5.91 Å². The molecule has 1 fully saturated rings. The molecule has 2 N–H and O–H groups in total. The normalized spacial score (nSPS) is 17.0. The first-order valence-electron chi connectivity index (χ1n) is 8.67. The molecule has 0 heterocycles. The first-order chi connectivity index (χ1) is 11.6. The Bertz CT molecular complexity index is 576. The van der Waals surface area contributed by atoms with Gasteiger partial charge in [-0.3, -0.25) is 4.79 Å². The van der Waals surface area contributed by atoms with Crippen molar-refractivity contribution in [1.29, 1.82) is 5.26 Å². The Balaban J connectivity index is 1.78. The minimum Gasteiger partial charge on any atom is -0.481 e. The van der Waals surface area contributed by atoms with Crippen molar-refractivity contribution in [3.8, 4) is 11.8 Å². The van der Waals surface area contributed by atoms with Crippen LogP contribution in [0.1, 0.15) is 44.6 Å². The van der Waals surface area contributed by atoms with Gasteiger partial charge in [0.05, 0.1) is 11.6 Å². The van der Waals surface area contributed by atoms with Crippen LogP contribution in [0, 0.1) is 23.2 Å². The molecule has 24 heavy (non-hydrogen) atoms. The number of ether oxygens (including phenoxy) is 1. The minimum absolute atomic E-state index is 0.0935. The average molecular weight is 330 g/mol. The second-order valence-corrected chi connectivity index (χ2v) is 6.58. The topological polar surface area (TPSA) is 82.3 Å². The fourth-order valence-corrected chi connectivity index (χ4v) is 3.23. The number of carbonyl (C=O) groups is 1. The van der Waals surface area contributed by atoms with E-state index in [1.807, 2.05) is 6.07 Å². The van der Waals surface area contributed by atoms with Crippen LogP contribution < -0.4 is 10.1 Å².